The molecule has 1 fully saturated rings. The van der Waals surface area contributed by atoms with Crippen LogP contribution in [0.1, 0.15) is 17.5 Å². The number of carbonyl (C=O) groups excluding carboxylic acids is 1. The molecule has 2 N–H and O–H groups in total. The maximum Gasteiger partial charge on any atom is 0.315 e. The molecule has 5 nitrogen and oxygen atoms in total. The van der Waals surface area contributed by atoms with E-state index < -0.39 is 0 Å². The van der Waals surface area contributed by atoms with Crippen LogP contribution in [0.3, 0.4) is 0 Å². The fourth-order valence-electron chi connectivity index (χ4n) is 2.34. The fraction of sp³-hybridized carbons (Fsp3) is 0.562. The van der Waals surface area contributed by atoms with Gasteiger partial charge >= 0.3 is 6.03 Å². The number of hydrogen-bond donors (Lipinski definition) is 2. The first kappa shape index (κ1) is 16.7. The largest absolute Gasteiger partial charge is 0.380 e. The molecule has 2 rings (SSSR count). The summed E-state index contributed by atoms with van der Waals surface area (Å²) in [5, 5.41) is 5.56. The van der Waals surface area contributed by atoms with Gasteiger partial charge in [0.05, 0.1) is 6.61 Å². The Hall–Kier alpha value is -1.66. The van der Waals surface area contributed by atoms with Crippen LogP contribution in [0.4, 0.5) is 9.18 Å². The number of benzene rings is 1. The Morgan fingerprint density at radius 3 is 3.00 bits per heavy atom. The minimum absolute atomic E-state index is 0.230. The molecule has 1 aromatic rings. The van der Waals surface area contributed by atoms with Crippen LogP contribution in [0, 0.1) is 12.7 Å². The molecule has 0 aliphatic carbocycles. The van der Waals surface area contributed by atoms with Crippen LogP contribution in [0.25, 0.3) is 0 Å². The Morgan fingerprint density at radius 1 is 1.32 bits per heavy atom. The quantitative estimate of drug-likeness (QED) is 0.870. The van der Waals surface area contributed by atoms with Crippen LogP contribution in [0.2, 0.25) is 0 Å². The van der Waals surface area contributed by atoms with Crippen LogP contribution in [0.15, 0.2) is 18.2 Å². The highest BCUT2D eigenvalue weighted by molar-refractivity contribution is 5.73. The number of urea groups is 1. The lowest BCUT2D eigenvalue weighted by atomic mass is 10.1. The zero-order valence-corrected chi connectivity index (χ0v) is 13.0. The summed E-state index contributed by atoms with van der Waals surface area (Å²) < 4.78 is 18.8. The molecular weight excluding hydrogens is 285 g/mol. The predicted molar refractivity (Wildman–Crippen MR) is 83.3 cm³/mol. The van der Waals surface area contributed by atoms with Crippen molar-refractivity contribution in [2.45, 2.75) is 19.9 Å². The number of halogens is 1. The first-order chi connectivity index (χ1) is 10.6. The van der Waals surface area contributed by atoms with E-state index in [2.05, 4.69) is 15.5 Å². The van der Waals surface area contributed by atoms with Crippen molar-refractivity contribution in [3.05, 3.63) is 35.1 Å². The summed E-state index contributed by atoms with van der Waals surface area (Å²) in [7, 11) is 0. The van der Waals surface area contributed by atoms with Crippen LogP contribution in [0.5, 0.6) is 0 Å². The molecule has 1 aliphatic rings. The zero-order valence-electron chi connectivity index (χ0n) is 13.0. The van der Waals surface area contributed by atoms with Gasteiger partial charge in [0.1, 0.15) is 5.82 Å². The maximum atomic E-state index is 13.4. The number of amides is 2. The number of aryl methyl sites for hydroxylation is 1. The van der Waals surface area contributed by atoms with Crippen molar-refractivity contribution < 1.29 is 13.9 Å². The lowest BCUT2D eigenvalue weighted by Gasteiger charge is -2.19. The van der Waals surface area contributed by atoms with Crippen molar-refractivity contribution in [2.75, 3.05) is 39.4 Å². The highest BCUT2D eigenvalue weighted by Crippen LogP contribution is 2.08. The minimum atomic E-state index is -0.247. The summed E-state index contributed by atoms with van der Waals surface area (Å²) in [6.07, 6.45) is 1.03. The maximum absolute atomic E-state index is 13.4. The SMILES string of the molecule is Cc1ccc(CNC(=O)NCCN2CCCOCC2)cc1F. The van der Waals surface area contributed by atoms with E-state index in [9.17, 15) is 9.18 Å². The number of carbonyl (C=O) groups is 1. The van der Waals surface area contributed by atoms with E-state index in [1.54, 1.807) is 13.0 Å². The molecular formula is C16H24FN3O2. The lowest BCUT2D eigenvalue weighted by Crippen LogP contribution is -2.40. The number of nitrogens with zero attached hydrogens (tertiary/aromatic N) is 1. The third-order valence-electron chi connectivity index (χ3n) is 3.72. The molecule has 0 unspecified atom stereocenters. The standard InChI is InChI=1S/C16H24FN3O2/c1-13-3-4-14(11-15(13)17)12-19-16(21)18-5-7-20-6-2-9-22-10-8-20/h3-4,11H,2,5-10,12H2,1H3,(H2,18,19,21). The average Bonchev–Trinajstić information content (AvgIpc) is 2.77. The van der Waals surface area contributed by atoms with Gasteiger partial charge in [-0.05, 0) is 30.5 Å². The van der Waals surface area contributed by atoms with Crippen LogP contribution in [-0.4, -0.2) is 50.3 Å². The van der Waals surface area contributed by atoms with Gasteiger partial charge in [-0.15, -0.1) is 0 Å². The van der Waals surface area contributed by atoms with Crippen molar-refractivity contribution >= 4 is 6.03 Å². The van der Waals surface area contributed by atoms with Crippen LogP contribution in [-0.2, 0) is 11.3 Å². The van der Waals surface area contributed by atoms with E-state index in [1.807, 2.05) is 6.07 Å². The molecule has 6 heteroatoms. The highest BCUT2D eigenvalue weighted by atomic mass is 19.1. The Balaban J connectivity index is 1.64. The molecule has 0 radical (unpaired) electrons. The molecule has 1 aromatic carbocycles. The molecule has 1 heterocycles. The van der Waals surface area contributed by atoms with Gasteiger partial charge in [0.15, 0.2) is 0 Å². The number of rotatable bonds is 5. The average molecular weight is 309 g/mol. The molecule has 0 saturated carbocycles. The third-order valence-corrected chi connectivity index (χ3v) is 3.72. The van der Waals surface area contributed by atoms with Crippen molar-refractivity contribution in [1.29, 1.82) is 0 Å². The van der Waals surface area contributed by atoms with Crippen molar-refractivity contribution in [1.82, 2.24) is 15.5 Å². The first-order valence-electron chi connectivity index (χ1n) is 7.72. The Morgan fingerprint density at radius 2 is 2.18 bits per heavy atom. The van der Waals surface area contributed by atoms with Gasteiger partial charge in [-0.2, -0.15) is 0 Å². The molecule has 0 bridgehead atoms. The third kappa shape index (κ3) is 5.61. The lowest BCUT2D eigenvalue weighted by molar-refractivity contribution is 0.141. The van der Waals surface area contributed by atoms with E-state index in [-0.39, 0.29) is 11.8 Å². The van der Waals surface area contributed by atoms with Crippen LogP contribution < -0.4 is 10.6 Å². The van der Waals surface area contributed by atoms with Gasteiger partial charge in [0, 0.05) is 39.3 Å². The molecule has 1 saturated heterocycles. The molecule has 0 spiro atoms. The number of nitrogens with one attached hydrogen (secondary N) is 2. The Labute approximate surface area is 130 Å². The topological polar surface area (TPSA) is 53.6 Å². The van der Waals surface area contributed by atoms with Crippen molar-refractivity contribution in [3.8, 4) is 0 Å². The monoisotopic (exact) mass is 309 g/mol. The zero-order chi connectivity index (χ0) is 15.8. The van der Waals surface area contributed by atoms with E-state index in [0.717, 1.165) is 44.8 Å². The second-order valence-corrected chi connectivity index (χ2v) is 5.50. The van der Waals surface area contributed by atoms with Gasteiger partial charge in [-0.3, -0.25) is 4.90 Å². The number of hydrogen-bond acceptors (Lipinski definition) is 3. The predicted octanol–water partition coefficient (Wildman–Crippen LogP) is 1.66. The minimum Gasteiger partial charge on any atom is -0.380 e. The summed E-state index contributed by atoms with van der Waals surface area (Å²) in [4.78, 5) is 14.0. The summed E-state index contributed by atoms with van der Waals surface area (Å²) in [5.41, 5.74) is 1.36. The number of ether oxygens (including phenoxy) is 1. The first-order valence-corrected chi connectivity index (χ1v) is 7.72. The molecule has 0 atom stereocenters. The highest BCUT2D eigenvalue weighted by Gasteiger charge is 2.09. The summed E-state index contributed by atoms with van der Waals surface area (Å²) in [6, 6.07) is 4.75. The second-order valence-electron chi connectivity index (χ2n) is 5.50. The second kappa shape index (κ2) is 8.70. The van der Waals surface area contributed by atoms with Gasteiger partial charge in [-0.1, -0.05) is 12.1 Å². The Bertz CT molecular complexity index is 488. The summed E-state index contributed by atoms with van der Waals surface area (Å²) >= 11 is 0. The smallest absolute Gasteiger partial charge is 0.315 e. The van der Waals surface area contributed by atoms with Gasteiger partial charge < -0.3 is 15.4 Å². The molecule has 1 aliphatic heterocycles. The fourth-order valence-corrected chi connectivity index (χ4v) is 2.34. The van der Waals surface area contributed by atoms with E-state index in [1.165, 1.54) is 6.07 Å². The normalized spacial score (nSPS) is 16.1. The van der Waals surface area contributed by atoms with E-state index in [4.69, 9.17) is 4.74 Å². The molecule has 122 valence electrons. The Kier molecular flexibility index (Phi) is 6.61. The van der Waals surface area contributed by atoms with E-state index in [0.29, 0.717) is 18.7 Å². The van der Waals surface area contributed by atoms with Gasteiger partial charge in [-0.25, -0.2) is 9.18 Å². The van der Waals surface area contributed by atoms with Gasteiger partial charge in [0.25, 0.3) is 0 Å². The van der Waals surface area contributed by atoms with Gasteiger partial charge in [0.2, 0.25) is 0 Å². The van der Waals surface area contributed by atoms with Crippen molar-refractivity contribution in [3.63, 3.8) is 0 Å². The van der Waals surface area contributed by atoms with E-state index >= 15 is 0 Å². The van der Waals surface area contributed by atoms with Crippen molar-refractivity contribution in [2.24, 2.45) is 0 Å². The molecule has 2 amide bonds. The molecule has 22 heavy (non-hydrogen) atoms. The summed E-state index contributed by atoms with van der Waals surface area (Å²) in [6.45, 7) is 6.93. The summed E-state index contributed by atoms with van der Waals surface area (Å²) in [5.74, 6) is -0.247. The van der Waals surface area contributed by atoms with Crippen LogP contribution >= 0.6 is 0 Å². The molecule has 0 aromatic heterocycles.